The zero-order valence-corrected chi connectivity index (χ0v) is 15.7. The molecule has 0 amide bonds. The van der Waals surface area contributed by atoms with Crippen molar-refractivity contribution in [3.8, 4) is 0 Å². The Kier molecular flexibility index (Phi) is 7.82. The van der Waals surface area contributed by atoms with Gasteiger partial charge in [0.25, 0.3) is 0 Å². The first-order chi connectivity index (χ1) is 11.3. The first-order valence-corrected chi connectivity index (χ1v) is 13.5. The van der Waals surface area contributed by atoms with E-state index in [0.717, 1.165) is 0 Å². The van der Waals surface area contributed by atoms with Crippen molar-refractivity contribution in [3.05, 3.63) is 0 Å². The van der Waals surface area contributed by atoms with E-state index in [4.69, 9.17) is 19.7 Å². The van der Waals surface area contributed by atoms with Crippen LogP contribution in [0.4, 0.5) is 8.78 Å². The first-order valence-electron chi connectivity index (χ1n) is 7.17. The Labute approximate surface area is 147 Å². The van der Waals surface area contributed by atoms with Crippen LogP contribution in [-0.4, -0.2) is 129 Å². The SMILES string of the molecule is OC[C@H]1O[C@@H]([Se][Se][C@@H]2O[C@H](CO)[C@H](O)[C@H](O)[C@H]2F)[C@H](F)[C@@H](O)[C@H]1O. The molecular formula is C12H20F2O8Se2. The molecule has 0 radical (unpaired) electrons. The minimum absolute atomic E-state index is 0.603. The Hall–Kier alpha value is 0.579. The molecule has 2 saturated heterocycles. The predicted octanol–water partition coefficient (Wildman–Crippen LogP) is -4.14. The third-order valence-electron chi connectivity index (χ3n) is 3.86. The van der Waals surface area contributed by atoms with Crippen molar-refractivity contribution in [1.29, 1.82) is 0 Å². The molecule has 2 aliphatic rings. The number of aliphatic hydroxyl groups is 6. The summed E-state index contributed by atoms with van der Waals surface area (Å²) in [6, 6.07) is 0. The molecule has 8 nitrogen and oxygen atoms in total. The summed E-state index contributed by atoms with van der Waals surface area (Å²) in [7, 11) is 0. The van der Waals surface area contributed by atoms with Crippen molar-refractivity contribution >= 4 is 26.3 Å². The molecule has 2 rings (SSSR count). The molecule has 0 unspecified atom stereocenters. The molecule has 142 valence electrons. The third kappa shape index (κ3) is 4.28. The number of aliphatic hydroxyl groups excluding tert-OH is 6. The van der Waals surface area contributed by atoms with Gasteiger partial charge in [-0.1, -0.05) is 0 Å². The molecule has 10 atom stereocenters. The van der Waals surface area contributed by atoms with Gasteiger partial charge in [-0.25, -0.2) is 0 Å². The van der Waals surface area contributed by atoms with Gasteiger partial charge in [-0.3, -0.25) is 0 Å². The molecule has 0 aromatic heterocycles. The first kappa shape index (κ1) is 20.9. The fraction of sp³-hybridized carbons (Fsp3) is 1.00. The van der Waals surface area contributed by atoms with Gasteiger partial charge in [0.1, 0.15) is 0 Å². The zero-order chi connectivity index (χ0) is 18.0. The van der Waals surface area contributed by atoms with Gasteiger partial charge in [-0.2, -0.15) is 0 Å². The summed E-state index contributed by atoms with van der Waals surface area (Å²) in [4.78, 5) is 0. The number of alkyl halides is 2. The maximum atomic E-state index is 14.1. The third-order valence-corrected chi connectivity index (χ3v) is 11.8. The average Bonchev–Trinajstić information content (AvgIpc) is 2.58. The molecule has 2 fully saturated rings. The van der Waals surface area contributed by atoms with E-state index in [2.05, 4.69) is 0 Å². The summed E-state index contributed by atoms with van der Waals surface area (Å²) in [5.41, 5.74) is 0. The molecule has 24 heavy (non-hydrogen) atoms. The number of rotatable bonds is 5. The van der Waals surface area contributed by atoms with Crippen molar-refractivity contribution in [1.82, 2.24) is 0 Å². The molecule has 12 heteroatoms. The van der Waals surface area contributed by atoms with Gasteiger partial charge in [0.2, 0.25) is 0 Å². The van der Waals surface area contributed by atoms with Crippen LogP contribution in [0.15, 0.2) is 0 Å². The Balaban J connectivity index is 1.96. The van der Waals surface area contributed by atoms with Crippen molar-refractivity contribution in [2.45, 2.75) is 59.0 Å². The fourth-order valence-corrected chi connectivity index (χ4v) is 10.4. The quantitative estimate of drug-likeness (QED) is 0.215. The van der Waals surface area contributed by atoms with Gasteiger partial charge in [0.05, 0.1) is 0 Å². The molecule has 0 spiro atoms. The van der Waals surface area contributed by atoms with E-state index in [1.54, 1.807) is 0 Å². The van der Waals surface area contributed by atoms with Gasteiger partial charge in [-0.15, -0.1) is 0 Å². The van der Waals surface area contributed by atoms with Crippen molar-refractivity contribution in [3.63, 3.8) is 0 Å². The van der Waals surface area contributed by atoms with Gasteiger partial charge in [0.15, 0.2) is 0 Å². The molecule has 0 aromatic carbocycles. The van der Waals surface area contributed by atoms with Crippen LogP contribution in [-0.2, 0) is 9.47 Å². The Morgan fingerprint density at radius 1 is 0.667 bits per heavy atom. The molecular weight excluding hydrogens is 468 g/mol. The summed E-state index contributed by atoms with van der Waals surface area (Å²) in [6.07, 6.45) is -12.6. The van der Waals surface area contributed by atoms with Crippen LogP contribution in [0.1, 0.15) is 0 Å². The van der Waals surface area contributed by atoms with Crippen LogP contribution in [0.5, 0.6) is 0 Å². The second-order valence-corrected chi connectivity index (χ2v) is 12.4. The standard InChI is InChI=1S/C12H20F2O8Se2/c13-5-9(19)7(17)3(1-15)21-11(5)23-24-12-6(14)10(20)8(18)4(2-16)22-12/h3-12,15-20H,1-2H2/t3-,4-,5-,6-,7+,8+,9-,10-,11+,12+/m1/s1. The molecule has 0 saturated carbocycles. The molecule has 2 heterocycles. The Morgan fingerprint density at radius 2 is 1.00 bits per heavy atom. The van der Waals surface area contributed by atoms with Crippen LogP contribution >= 0.6 is 0 Å². The van der Waals surface area contributed by atoms with Gasteiger partial charge < -0.3 is 0 Å². The van der Waals surface area contributed by atoms with Gasteiger partial charge in [-0.05, 0) is 0 Å². The molecule has 0 aromatic rings. The van der Waals surface area contributed by atoms with Gasteiger partial charge >= 0.3 is 147 Å². The summed E-state index contributed by atoms with van der Waals surface area (Å²) in [5, 5.41) is 54.4. The number of halogens is 2. The van der Waals surface area contributed by atoms with Crippen LogP contribution in [0, 0.1) is 0 Å². The van der Waals surface area contributed by atoms with E-state index < -0.39 is 98.4 Å². The number of ether oxygens (including phenoxy) is 2. The predicted molar refractivity (Wildman–Crippen MR) is 76.8 cm³/mol. The summed E-state index contributed by atoms with van der Waals surface area (Å²) in [5.74, 6) is 0. The van der Waals surface area contributed by atoms with Crippen LogP contribution in [0.25, 0.3) is 0 Å². The van der Waals surface area contributed by atoms with Crippen molar-refractivity contribution < 1.29 is 48.9 Å². The zero-order valence-electron chi connectivity index (χ0n) is 12.3. The normalized spacial score (nSPS) is 50.0. The summed E-state index contributed by atoms with van der Waals surface area (Å²) in [6.45, 7) is -1.21. The molecule has 0 bridgehead atoms. The molecule has 6 N–H and O–H groups in total. The second kappa shape index (κ2) is 8.98. The van der Waals surface area contributed by atoms with E-state index in [0.29, 0.717) is 0 Å². The fourth-order valence-electron chi connectivity index (χ4n) is 2.36. The Bertz CT molecular complexity index is 371. The minimum atomic E-state index is -1.89. The van der Waals surface area contributed by atoms with E-state index >= 15 is 0 Å². The number of hydrogen-bond donors (Lipinski definition) is 6. The van der Waals surface area contributed by atoms with Crippen molar-refractivity contribution in [2.24, 2.45) is 0 Å². The summed E-state index contributed by atoms with van der Waals surface area (Å²) < 4.78 is 38.6. The van der Waals surface area contributed by atoms with Crippen LogP contribution in [0.2, 0.25) is 0 Å². The van der Waals surface area contributed by atoms with E-state index in [1.165, 1.54) is 0 Å². The van der Waals surface area contributed by atoms with E-state index in [-0.39, 0.29) is 0 Å². The molecule has 2 aliphatic heterocycles. The topological polar surface area (TPSA) is 140 Å². The maximum absolute atomic E-state index is 14.1. The number of hydrogen-bond acceptors (Lipinski definition) is 8. The van der Waals surface area contributed by atoms with E-state index in [1.807, 2.05) is 0 Å². The average molecular weight is 488 g/mol. The second-order valence-electron chi connectivity index (χ2n) is 5.49. The van der Waals surface area contributed by atoms with E-state index in [9.17, 15) is 29.2 Å². The van der Waals surface area contributed by atoms with Crippen molar-refractivity contribution in [2.75, 3.05) is 13.2 Å². The Morgan fingerprint density at radius 3 is 1.29 bits per heavy atom. The van der Waals surface area contributed by atoms with Gasteiger partial charge in [0, 0.05) is 0 Å². The molecule has 0 aliphatic carbocycles. The van der Waals surface area contributed by atoms with Crippen LogP contribution < -0.4 is 0 Å². The van der Waals surface area contributed by atoms with Crippen LogP contribution in [0.3, 0.4) is 0 Å². The summed E-state index contributed by atoms with van der Waals surface area (Å²) >= 11 is -1.39. The monoisotopic (exact) mass is 490 g/mol.